The van der Waals surface area contributed by atoms with Crippen molar-refractivity contribution >= 4 is 33.2 Å². The van der Waals surface area contributed by atoms with Gasteiger partial charge in [0.15, 0.2) is 11.5 Å². The van der Waals surface area contributed by atoms with Crippen molar-refractivity contribution in [3.8, 4) is 11.5 Å². The largest absolute Gasteiger partial charge is 0.486 e. The zero-order valence-corrected chi connectivity index (χ0v) is 20.2. The van der Waals surface area contributed by atoms with Gasteiger partial charge in [-0.1, -0.05) is 0 Å². The van der Waals surface area contributed by atoms with Crippen molar-refractivity contribution in [2.24, 2.45) is 7.05 Å². The number of benzene rings is 2. The molecule has 0 fully saturated rings. The maximum absolute atomic E-state index is 12.7. The highest BCUT2D eigenvalue weighted by Crippen LogP contribution is 2.32. The second-order valence-electron chi connectivity index (χ2n) is 7.89. The lowest BCUT2D eigenvalue weighted by molar-refractivity contribution is -0.115. The summed E-state index contributed by atoms with van der Waals surface area (Å²) in [5, 5.41) is 9.52. The molecule has 0 atom stereocenters. The fraction of sp³-hybridized carbons (Fsp3) is 0.261. The first kappa shape index (κ1) is 24.1. The first-order chi connectivity index (χ1) is 16.6. The Morgan fingerprint density at radius 2 is 1.71 bits per heavy atom. The van der Waals surface area contributed by atoms with Gasteiger partial charge in [-0.3, -0.25) is 19.0 Å². The number of nitrogens with one attached hydrogen (secondary N) is 3. The second-order valence-corrected chi connectivity index (χ2v) is 9.57. The van der Waals surface area contributed by atoms with Gasteiger partial charge in [0, 0.05) is 24.4 Å². The lowest BCUT2D eigenvalue weighted by atomic mass is 10.2. The van der Waals surface area contributed by atoms with Crippen molar-refractivity contribution in [2.75, 3.05) is 29.8 Å². The zero-order valence-electron chi connectivity index (χ0n) is 19.4. The van der Waals surface area contributed by atoms with Crippen molar-refractivity contribution < 1.29 is 27.5 Å². The molecule has 2 amide bonds. The molecule has 0 spiro atoms. The van der Waals surface area contributed by atoms with Gasteiger partial charge in [0.2, 0.25) is 5.91 Å². The summed E-state index contributed by atoms with van der Waals surface area (Å²) in [5.74, 6) is -0.00337. The topological polar surface area (TPSA) is 141 Å². The summed E-state index contributed by atoms with van der Waals surface area (Å²) in [4.78, 5) is 24.7. The van der Waals surface area contributed by atoms with Gasteiger partial charge in [0.05, 0.1) is 28.5 Å². The van der Waals surface area contributed by atoms with Crippen molar-refractivity contribution in [1.29, 1.82) is 0 Å². The smallest absolute Gasteiger partial charge is 0.262 e. The third kappa shape index (κ3) is 5.38. The molecule has 3 aromatic rings. The molecule has 2 heterocycles. The van der Waals surface area contributed by atoms with E-state index in [1.807, 2.05) is 6.92 Å². The van der Waals surface area contributed by atoms with Crippen LogP contribution in [0.1, 0.15) is 21.7 Å². The first-order valence-electron chi connectivity index (χ1n) is 10.7. The number of amides is 2. The Balaban J connectivity index is 1.35. The van der Waals surface area contributed by atoms with Crippen molar-refractivity contribution in [3.63, 3.8) is 0 Å². The molecule has 35 heavy (non-hydrogen) atoms. The molecule has 11 nitrogen and oxygen atoms in total. The minimum Gasteiger partial charge on any atom is -0.486 e. The summed E-state index contributed by atoms with van der Waals surface area (Å²) < 4.78 is 40.5. The van der Waals surface area contributed by atoms with E-state index in [-0.39, 0.29) is 28.6 Å². The Bertz CT molecular complexity index is 1380. The Morgan fingerprint density at radius 1 is 1.03 bits per heavy atom. The molecule has 0 bridgehead atoms. The Hall–Kier alpha value is -4.06. The number of rotatable bonds is 7. The molecule has 0 unspecified atom stereocenters. The SMILES string of the molecule is Cc1nn(C)c(C)c1NC(=O)CNC(=O)c1ccc(NS(=O)(=O)c2ccc3c(c2)OCCO3)cc1. The molecule has 0 radical (unpaired) electrons. The molecule has 184 valence electrons. The molecule has 1 aromatic heterocycles. The van der Waals surface area contributed by atoms with Gasteiger partial charge in [-0.15, -0.1) is 0 Å². The van der Waals surface area contributed by atoms with Crippen molar-refractivity contribution in [3.05, 3.63) is 59.4 Å². The summed E-state index contributed by atoms with van der Waals surface area (Å²) >= 11 is 0. The zero-order chi connectivity index (χ0) is 25.2. The predicted octanol–water partition coefficient (Wildman–Crippen LogP) is 1.98. The van der Waals surface area contributed by atoms with Crippen molar-refractivity contribution in [1.82, 2.24) is 15.1 Å². The van der Waals surface area contributed by atoms with E-state index in [0.717, 1.165) is 5.69 Å². The van der Waals surface area contributed by atoms with E-state index in [0.29, 0.717) is 36.1 Å². The van der Waals surface area contributed by atoms with E-state index in [2.05, 4.69) is 20.5 Å². The highest BCUT2D eigenvalue weighted by atomic mass is 32.2. The Kier molecular flexibility index (Phi) is 6.65. The average molecular weight is 500 g/mol. The van der Waals surface area contributed by atoms with E-state index < -0.39 is 15.9 Å². The molecule has 3 N–H and O–H groups in total. The number of carbonyl (C=O) groups is 2. The number of hydrogen-bond acceptors (Lipinski definition) is 7. The van der Waals surface area contributed by atoms with Crippen molar-refractivity contribution in [2.45, 2.75) is 18.7 Å². The molecule has 2 aromatic carbocycles. The molecular weight excluding hydrogens is 474 g/mol. The third-order valence-corrected chi connectivity index (χ3v) is 6.79. The molecule has 4 rings (SSSR count). The Morgan fingerprint density at radius 3 is 2.37 bits per heavy atom. The maximum Gasteiger partial charge on any atom is 0.262 e. The normalized spacial score (nSPS) is 12.7. The molecule has 0 saturated heterocycles. The highest BCUT2D eigenvalue weighted by Gasteiger charge is 2.20. The number of aromatic nitrogens is 2. The van der Waals surface area contributed by atoms with E-state index in [9.17, 15) is 18.0 Å². The fourth-order valence-corrected chi connectivity index (χ4v) is 4.57. The van der Waals surface area contributed by atoms with Crippen LogP contribution in [0.5, 0.6) is 11.5 Å². The number of sulfonamides is 1. The van der Waals surface area contributed by atoms with Crippen LogP contribution in [0.25, 0.3) is 0 Å². The lowest BCUT2D eigenvalue weighted by Crippen LogP contribution is -2.33. The first-order valence-corrected chi connectivity index (χ1v) is 12.2. The van der Waals surface area contributed by atoms with Gasteiger partial charge in [0.1, 0.15) is 13.2 Å². The summed E-state index contributed by atoms with van der Waals surface area (Å²) in [7, 11) is -2.10. The van der Waals surface area contributed by atoms with Crippen LogP contribution in [0.15, 0.2) is 47.4 Å². The number of nitrogens with zero attached hydrogens (tertiary/aromatic N) is 2. The third-order valence-electron chi connectivity index (χ3n) is 5.41. The number of hydrogen-bond donors (Lipinski definition) is 3. The monoisotopic (exact) mass is 499 g/mol. The van der Waals surface area contributed by atoms with E-state index in [4.69, 9.17) is 9.47 Å². The van der Waals surface area contributed by atoms with E-state index >= 15 is 0 Å². The number of ether oxygens (including phenoxy) is 2. The lowest BCUT2D eigenvalue weighted by Gasteiger charge is -2.19. The number of aryl methyl sites for hydroxylation is 2. The Labute approximate surface area is 202 Å². The van der Waals surface area contributed by atoms with Crippen LogP contribution < -0.4 is 24.8 Å². The van der Waals surface area contributed by atoms with E-state index in [1.165, 1.54) is 36.4 Å². The average Bonchev–Trinajstić information content (AvgIpc) is 3.08. The minimum absolute atomic E-state index is 0.0219. The summed E-state index contributed by atoms with van der Waals surface area (Å²) in [5.41, 5.74) is 2.64. The predicted molar refractivity (Wildman–Crippen MR) is 128 cm³/mol. The molecule has 0 aliphatic carbocycles. The number of fused-ring (bicyclic) bond motifs is 1. The number of carbonyl (C=O) groups excluding carboxylic acids is 2. The minimum atomic E-state index is -3.88. The van der Waals surface area contributed by atoms with Gasteiger partial charge < -0.3 is 20.1 Å². The standard InChI is InChI=1S/C23H25N5O6S/c1-14-22(15(2)28(3)26-14)25-21(29)13-24-23(30)16-4-6-17(7-5-16)27-35(31,32)18-8-9-19-20(12-18)34-11-10-33-19/h4-9,12,27H,10-11,13H2,1-3H3,(H,24,30)(H,25,29). The van der Waals surface area contributed by atoms with Crippen LogP contribution in [-0.2, 0) is 21.9 Å². The van der Waals surface area contributed by atoms with Gasteiger partial charge in [-0.25, -0.2) is 8.42 Å². The van der Waals surface area contributed by atoms with Crippen LogP contribution in [0.4, 0.5) is 11.4 Å². The van der Waals surface area contributed by atoms with Crippen LogP contribution >= 0.6 is 0 Å². The van der Waals surface area contributed by atoms with Gasteiger partial charge >= 0.3 is 0 Å². The molecule has 12 heteroatoms. The molecule has 0 saturated carbocycles. The quantitative estimate of drug-likeness (QED) is 0.451. The van der Waals surface area contributed by atoms with Gasteiger partial charge in [0.25, 0.3) is 15.9 Å². The van der Waals surface area contributed by atoms with Crippen LogP contribution in [0.3, 0.4) is 0 Å². The van der Waals surface area contributed by atoms with Crippen LogP contribution in [-0.4, -0.2) is 49.8 Å². The van der Waals surface area contributed by atoms with Gasteiger partial charge in [-0.2, -0.15) is 5.10 Å². The summed E-state index contributed by atoms with van der Waals surface area (Å²) in [6.07, 6.45) is 0. The second kappa shape index (κ2) is 9.66. The van der Waals surface area contributed by atoms with Crippen LogP contribution in [0.2, 0.25) is 0 Å². The summed E-state index contributed by atoms with van der Waals surface area (Å²) in [6.45, 7) is 4.14. The van der Waals surface area contributed by atoms with Crippen LogP contribution in [0, 0.1) is 13.8 Å². The highest BCUT2D eigenvalue weighted by molar-refractivity contribution is 7.92. The molecular formula is C23H25N5O6S. The molecule has 1 aliphatic heterocycles. The van der Waals surface area contributed by atoms with E-state index in [1.54, 1.807) is 24.7 Å². The number of anilines is 2. The summed E-state index contributed by atoms with van der Waals surface area (Å²) in [6, 6.07) is 10.2. The molecule has 1 aliphatic rings. The van der Waals surface area contributed by atoms with Gasteiger partial charge in [-0.05, 0) is 50.2 Å². The maximum atomic E-state index is 12.7. The fourth-order valence-electron chi connectivity index (χ4n) is 3.50.